The zero-order chi connectivity index (χ0) is 14.3. The van der Waals surface area contributed by atoms with Crippen LogP contribution in [0.15, 0.2) is 24.3 Å². The van der Waals surface area contributed by atoms with Crippen LogP contribution in [0.4, 0.5) is 0 Å². The fourth-order valence-electron chi connectivity index (χ4n) is 1.51. The van der Waals surface area contributed by atoms with E-state index in [0.29, 0.717) is 19.2 Å². The van der Waals surface area contributed by atoms with Crippen molar-refractivity contribution in [2.45, 2.75) is 33.3 Å². The second kappa shape index (κ2) is 8.03. The standard InChI is InChI=1S/C14H20O4P/c1-4-19(16)18-12(3)10-17-14-7-5-13(6-8-14)9-11(2)15/h5-8,12H,4,9-10H2,1-3H3/q+1. The molecule has 0 bridgehead atoms. The Hall–Kier alpha value is -1.25. The lowest BCUT2D eigenvalue weighted by Gasteiger charge is -2.09. The Labute approximate surface area is 115 Å². The van der Waals surface area contributed by atoms with Gasteiger partial charge in [0.15, 0.2) is 6.16 Å². The molecular formula is C14H20O4P+. The molecule has 1 aromatic rings. The molecule has 19 heavy (non-hydrogen) atoms. The molecule has 1 aromatic carbocycles. The molecule has 0 amide bonds. The second-order valence-corrected chi connectivity index (χ2v) is 5.91. The van der Waals surface area contributed by atoms with Gasteiger partial charge in [0, 0.05) is 6.42 Å². The summed E-state index contributed by atoms with van der Waals surface area (Å²) in [5.41, 5.74) is 0.971. The predicted molar refractivity (Wildman–Crippen MR) is 75.0 cm³/mol. The number of hydrogen-bond acceptors (Lipinski definition) is 4. The summed E-state index contributed by atoms with van der Waals surface area (Å²) >= 11 is 0. The van der Waals surface area contributed by atoms with Gasteiger partial charge in [-0.25, -0.2) is 0 Å². The normalized spacial score (nSPS) is 12.9. The van der Waals surface area contributed by atoms with E-state index in [0.717, 1.165) is 11.3 Å². The van der Waals surface area contributed by atoms with Crippen molar-refractivity contribution in [2.24, 2.45) is 0 Å². The minimum absolute atomic E-state index is 0.138. The number of hydrogen-bond donors (Lipinski definition) is 0. The molecule has 0 radical (unpaired) electrons. The SMILES string of the molecule is CC[P+](=O)OC(C)COc1ccc(CC(C)=O)cc1. The van der Waals surface area contributed by atoms with Crippen molar-refractivity contribution in [1.82, 2.24) is 0 Å². The monoisotopic (exact) mass is 283 g/mol. The van der Waals surface area contributed by atoms with E-state index in [4.69, 9.17) is 9.26 Å². The molecule has 0 saturated carbocycles. The first-order chi connectivity index (χ1) is 9.01. The van der Waals surface area contributed by atoms with E-state index in [9.17, 15) is 9.36 Å². The molecule has 0 aliphatic rings. The average Bonchev–Trinajstić information content (AvgIpc) is 2.37. The third-order valence-corrected chi connectivity index (χ3v) is 3.53. The van der Waals surface area contributed by atoms with Gasteiger partial charge in [0.2, 0.25) is 0 Å². The fourth-order valence-corrected chi connectivity index (χ4v) is 2.12. The molecule has 1 rings (SSSR count). The van der Waals surface area contributed by atoms with Crippen LogP contribution in [0.2, 0.25) is 0 Å². The van der Waals surface area contributed by atoms with Crippen molar-refractivity contribution >= 4 is 13.8 Å². The van der Waals surface area contributed by atoms with E-state index >= 15 is 0 Å². The van der Waals surface area contributed by atoms with Gasteiger partial charge in [0.1, 0.15) is 24.2 Å². The number of carbonyl (C=O) groups is 1. The van der Waals surface area contributed by atoms with Crippen molar-refractivity contribution in [3.8, 4) is 5.75 Å². The lowest BCUT2D eigenvalue weighted by atomic mass is 10.1. The van der Waals surface area contributed by atoms with Crippen LogP contribution < -0.4 is 4.74 Å². The number of benzene rings is 1. The van der Waals surface area contributed by atoms with E-state index in [1.54, 1.807) is 6.92 Å². The summed E-state index contributed by atoms with van der Waals surface area (Å²) in [6, 6.07) is 7.39. The minimum Gasteiger partial charge on any atom is -0.491 e. The Kier molecular flexibility index (Phi) is 6.68. The Bertz CT molecular complexity index is 428. The number of rotatable bonds is 8. The Morgan fingerprint density at radius 1 is 1.32 bits per heavy atom. The maximum absolute atomic E-state index is 11.2. The van der Waals surface area contributed by atoms with Gasteiger partial charge in [-0.2, -0.15) is 0 Å². The van der Waals surface area contributed by atoms with Gasteiger partial charge >= 0.3 is 8.03 Å². The zero-order valence-electron chi connectivity index (χ0n) is 11.6. The molecule has 0 N–H and O–H groups in total. The van der Waals surface area contributed by atoms with E-state index in [-0.39, 0.29) is 11.9 Å². The lowest BCUT2D eigenvalue weighted by molar-refractivity contribution is -0.116. The maximum atomic E-state index is 11.2. The highest BCUT2D eigenvalue weighted by molar-refractivity contribution is 7.39. The summed E-state index contributed by atoms with van der Waals surface area (Å²) in [7, 11) is -1.58. The predicted octanol–water partition coefficient (Wildman–Crippen LogP) is 3.36. The van der Waals surface area contributed by atoms with Crippen LogP contribution in [0.25, 0.3) is 0 Å². The van der Waals surface area contributed by atoms with Crippen molar-refractivity contribution in [3.63, 3.8) is 0 Å². The van der Waals surface area contributed by atoms with Crippen LogP contribution in [-0.4, -0.2) is 24.7 Å². The van der Waals surface area contributed by atoms with Gasteiger partial charge in [-0.3, -0.25) is 4.79 Å². The first kappa shape index (κ1) is 15.8. The molecule has 5 heteroatoms. The van der Waals surface area contributed by atoms with Gasteiger partial charge in [0.05, 0.1) is 0 Å². The highest BCUT2D eigenvalue weighted by Crippen LogP contribution is 2.23. The lowest BCUT2D eigenvalue weighted by Crippen LogP contribution is -2.15. The minimum atomic E-state index is -1.58. The van der Waals surface area contributed by atoms with E-state index in [1.165, 1.54) is 0 Å². The van der Waals surface area contributed by atoms with Crippen LogP contribution in [-0.2, 0) is 20.3 Å². The molecule has 0 heterocycles. The largest absolute Gasteiger partial charge is 0.508 e. The number of Topliss-reactive ketones (excluding diaryl/α,β-unsaturated/α-hetero) is 1. The first-order valence-corrected chi connectivity index (χ1v) is 7.70. The molecule has 2 atom stereocenters. The highest BCUT2D eigenvalue weighted by Gasteiger charge is 2.19. The highest BCUT2D eigenvalue weighted by atomic mass is 31.1. The quantitative estimate of drug-likeness (QED) is 0.686. The summed E-state index contributed by atoms with van der Waals surface area (Å²) in [6.07, 6.45) is 0.747. The van der Waals surface area contributed by atoms with Crippen molar-refractivity contribution in [2.75, 3.05) is 12.8 Å². The third-order valence-electron chi connectivity index (χ3n) is 2.42. The van der Waals surface area contributed by atoms with E-state index in [2.05, 4.69) is 0 Å². The van der Waals surface area contributed by atoms with Crippen LogP contribution in [0.3, 0.4) is 0 Å². The number of ether oxygens (including phenoxy) is 1. The third kappa shape index (κ3) is 6.46. The number of carbonyl (C=O) groups excluding carboxylic acids is 1. The van der Waals surface area contributed by atoms with Gasteiger partial charge in [-0.05, 0) is 43.0 Å². The van der Waals surface area contributed by atoms with Gasteiger partial charge < -0.3 is 4.74 Å². The van der Waals surface area contributed by atoms with Crippen molar-refractivity contribution in [3.05, 3.63) is 29.8 Å². The zero-order valence-corrected chi connectivity index (χ0v) is 12.5. The molecule has 2 unspecified atom stereocenters. The van der Waals surface area contributed by atoms with Crippen molar-refractivity contribution < 1.29 is 18.6 Å². The molecule has 0 spiro atoms. The van der Waals surface area contributed by atoms with Gasteiger partial charge in [-0.15, -0.1) is 4.52 Å². The number of ketones is 1. The first-order valence-electron chi connectivity index (χ1n) is 6.34. The van der Waals surface area contributed by atoms with Gasteiger partial charge in [0.25, 0.3) is 0 Å². The molecule has 0 aliphatic heterocycles. The van der Waals surface area contributed by atoms with Crippen LogP contribution in [0, 0.1) is 0 Å². The fraction of sp³-hybridized carbons (Fsp3) is 0.500. The molecule has 104 valence electrons. The summed E-state index contributed by atoms with van der Waals surface area (Å²) in [5.74, 6) is 0.855. The summed E-state index contributed by atoms with van der Waals surface area (Å²) < 4.78 is 22.0. The molecule has 4 nitrogen and oxygen atoms in total. The molecular weight excluding hydrogens is 263 g/mol. The van der Waals surface area contributed by atoms with Crippen LogP contribution in [0.5, 0.6) is 5.75 Å². The molecule has 0 aliphatic carbocycles. The average molecular weight is 283 g/mol. The van der Waals surface area contributed by atoms with Gasteiger partial charge in [-0.1, -0.05) is 12.1 Å². The van der Waals surface area contributed by atoms with E-state index in [1.807, 2.05) is 38.1 Å². The van der Waals surface area contributed by atoms with Crippen LogP contribution in [0.1, 0.15) is 26.3 Å². The summed E-state index contributed by atoms with van der Waals surface area (Å²) in [4.78, 5) is 11.0. The van der Waals surface area contributed by atoms with Crippen LogP contribution >= 0.6 is 8.03 Å². The topological polar surface area (TPSA) is 52.6 Å². The maximum Gasteiger partial charge on any atom is 0.508 e. The second-order valence-electron chi connectivity index (χ2n) is 4.40. The van der Waals surface area contributed by atoms with Crippen molar-refractivity contribution in [1.29, 1.82) is 0 Å². The molecule has 0 fully saturated rings. The molecule has 0 aromatic heterocycles. The Morgan fingerprint density at radius 3 is 2.47 bits per heavy atom. The smallest absolute Gasteiger partial charge is 0.491 e. The Balaban J connectivity index is 2.41. The summed E-state index contributed by atoms with van der Waals surface area (Å²) in [5, 5.41) is 0. The van der Waals surface area contributed by atoms with E-state index < -0.39 is 8.03 Å². The molecule has 0 saturated heterocycles. The Morgan fingerprint density at radius 2 is 1.95 bits per heavy atom. The summed E-state index contributed by atoms with van der Waals surface area (Å²) in [6.45, 7) is 5.57.